The van der Waals surface area contributed by atoms with E-state index in [-0.39, 0.29) is 12.5 Å². The van der Waals surface area contributed by atoms with Gasteiger partial charge in [-0.15, -0.1) is 0 Å². The Labute approximate surface area is 152 Å². The van der Waals surface area contributed by atoms with Crippen LogP contribution in [-0.4, -0.2) is 24.8 Å². The van der Waals surface area contributed by atoms with Crippen LogP contribution in [0, 0.1) is 0 Å². The molecule has 0 aliphatic heterocycles. The van der Waals surface area contributed by atoms with E-state index >= 15 is 0 Å². The number of benzene rings is 3. The second-order valence-corrected chi connectivity index (χ2v) is 6.79. The second kappa shape index (κ2) is 9.14. The van der Waals surface area contributed by atoms with E-state index in [1.807, 2.05) is 66.4 Å². The molecule has 0 atom stereocenters. The number of carbonyl (C=O) groups is 1. The molecule has 0 heterocycles. The van der Waals surface area contributed by atoms with Crippen LogP contribution in [0.2, 0.25) is 0 Å². The molecule has 3 aromatic rings. The van der Waals surface area contributed by atoms with E-state index in [1.54, 1.807) is 0 Å². The third-order valence-corrected chi connectivity index (χ3v) is 4.80. The van der Waals surface area contributed by atoms with Gasteiger partial charge in [0.2, 0.25) is 0 Å². The zero-order valence-corrected chi connectivity index (χ0v) is 14.8. The molecular formula is C21H21NO2S. The summed E-state index contributed by atoms with van der Waals surface area (Å²) in [4.78, 5) is 11.9. The van der Waals surface area contributed by atoms with Crippen molar-refractivity contribution < 1.29 is 9.53 Å². The highest BCUT2D eigenvalue weighted by atomic mass is 32.2. The van der Waals surface area contributed by atoms with Crippen molar-refractivity contribution in [1.82, 2.24) is 5.32 Å². The Bertz CT molecular complexity index is 820. The number of hydrogen-bond donors (Lipinski definition) is 1. The molecule has 0 aliphatic rings. The summed E-state index contributed by atoms with van der Waals surface area (Å²) in [7, 11) is 0. The average Bonchev–Trinajstić information content (AvgIpc) is 2.67. The molecule has 0 saturated carbocycles. The SMILES string of the molecule is O=C(COc1ccc2ccccc2c1)NCCSCc1ccccc1. The van der Waals surface area contributed by atoms with Gasteiger partial charge in [0.1, 0.15) is 5.75 Å². The highest BCUT2D eigenvalue weighted by Gasteiger charge is 2.03. The third kappa shape index (κ3) is 5.54. The molecule has 0 spiro atoms. The summed E-state index contributed by atoms with van der Waals surface area (Å²) >= 11 is 1.81. The van der Waals surface area contributed by atoms with Crippen molar-refractivity contribution in [2.45, 2.75) is 5.75 Å². The Morgan fingerprint density at radius 3 is 2.52 bits per heavy atom. The van der Waals surface area contributed by atoms with Gasteiger partial charge in [-0.05, 0) is 28.5 Å². The summed E-state index contributed by atoms with van der Waals surface area (Å²) < 4.78 is 5.58. The molecule has 0 bridgehead atoms. The Morgan fingerprint density at radius 2 is 1.68 bits per heavy atom. The number of carbonyl (C=O) groups excluding carboxylic acids is 1. The van der Waals surface area contributed by atoms with Crippen LogP contribution in [0.4, 0.5) is 0 Å². The third-order valence-electron chi connectivity index (χ3n) is 3.77. The number of fused-ring (bicyclic) bond motifs is 1. The molecule has 3 aromatic carbocycles. The molecule has 1 N–H and O–H groups in total. The summed E-state index contributed by atoms with van der Waals surface area (Å²) in [6.07, 6.45) is 0. The van der Waals surface area contributed by atoms with Crippen LogP contribution < -0.4 is 10.1 Å². The first-order valence-electron chi connectivity index (χ1n) is 8.31. The summed E-state index contributed by atoms with van der Waals surface area (Å²) in [6, 6.07) is 24.3. The largest absolute Gasteiger partial charge is 0.484 e. The fraction of sp³-hybridized carbons (Fsp3) is 0.190. The van der Waals surface area contributed by atoms with Crippen molar-refractivity contribution in [3.63, 3.8) is 0 Å². The van der Waals surface area contributed by atoms with Gasteiger partial charge < -0.3 is 10.1 Å². The first-order chi connectivity index (χ1) is 12.3. The highest BCUT2D eigenvalue weighted by molar-refractivity contribution is 7.98. The van der Waals surface area contributed by atoms with Gasteiger partial charge in [-0.2, -0.15) is 11.8 Å². The Morgan fingerprint density at radius 1 is 0.920 bits per heavy atom. The molecule has 25 heavy (non-hydrogen) atoms. The van der Waals surface area contributed by atoms with E-state index < -0.39 is 0 Å². The van der Waals surface area contributed by atoms with Crippen LogP contribution in [0.25, 0.3) is 10.8 Å². The zero-order valence-electron chi connectivity index (χ0n) is 14.0. The molecule has 3 nitrogen and oxygen atoms in total. The van der Waals surface area contributed by atoms with Crippen LogP contribution in [-0.2, 0) is 10.5 Å². The van der Waals surface area contributed by atoms with E-state index in [2.05, 4.69) is 23.5 Å². The lowest BCUT2D eigenvalue weighted by Gasteiger charge is -2.08. The number of nitrogens with one attached hydrogen (secondary N) is 1. The van der Waals surface area contributed by atoms with Gasteiger partial charge in [-0.1, -0.05) is 60.7 Å². The van der Waals surface area contributed by atoms with Crippen molar-refractivity contribution in [3.05, 3.63) is 78.4 Å². The standard InChI is InChI=1S/C21H21NO2S/c23-21(22-12-13-25-16-17-6-2-1-3-7-17)15-24-20-11-10-18-8-4-5-9-19(18)14-20/h1-11,14H,12-13,15-16H2,(H,22,23). The van der Waals surface area contributed by atoms with Gasteiger partial charge in [-0.3, -0.25) is 4.79 Å². The number of ether oxygens (including phenoxy) is 1. The van der Waals surface area contributed by atoms with Gasteiger partial charge in [0, 0.05) is 18.1 Å². The number of rotatable bonds is 8. The zero-order chi connectivity index (χ0) is 17.3. The predicted molar refractivity (Wildman–Crippen MR) is 105 cm³/mol. The molecule has 1 amide bonds. The predicted octanol–water partition coefficient (Wildman–Crippen LogP) is 4.27. The Balaban J connectivity index is 1.34. The van der Waals surface area contributed by atoms with Crippen molar-refractivity contribution in [2.75, 3.05) is 18.9 Å². The van der Waals surface area contributed by atoms with Gasteiger partial charge in [-0.25, -0.2) is 0 Å². The quantitative estimate of drug-likeness (QED) is 0.616. The van der Waals surface area contributed by atoms with Crippen LogP contribution in [0.1, 0.15) is 5.56 Å². The van der Waals surface area contributed by atoms with Crippen molar-refractivity contribution in [2.24, 2.45) is 0 Å². The maximum Gasteiger partial charge on any atom is 0.257 e. The number of hydrogen-bond acceptors (Lipinski definition) is 3. The van der Waals surface area contributed by atoms with E-state index in [0.717, 1.165) is 22.3 Å². The van der Waals surface area contributed by atoms with Crippen molar-refractivity contribution in [3.8, 4) is 5.75 Å². The first-order valence-corrected chi connectivity index (χ1v) is 9.47. The summed E-state index contributed by atoms with van der Waals surface area (Å²) in [6.45, 7) is 0.694. The van der Waals surface area contributed by atoms with E-state index in [4.69, 9.17) is 4.74 Å². The van der Waals surface area contributed by atoms with E-state index in [9.17, 15) is 4.79 Å². The molecule has 0 aliphatic carbocycles. The molecule has 0 radical (unpaired) electrons. The minimum Gasteiger partial charge on any atom is -0.484 e. The lowest BCUT2D eigenvalue weighted by Crippen LogP contribution is -2.30. The van der Waals surface area contributed by atoms with Gasteiger partial charge in [0.25, 0.3) is 5.91 Å². The minimum atomic E-state index is -0.0894. The number of thioether (sulfide) groups is 1. The van der Waals surface area contributed by atoms with Gasteiger partial charge >= 0.3 is 0 Å². The lowest BCUT2D eigenvalue weighted by molar-refractivity contribution is -0.122. The van der Waals surface area contributed by atoms with Gasteiger partial charge in [0.05, 0.1) is 0 Å². The molecule has 0 saturated heterocycles. The summed E-state index contributed by atoms with van der Waals surface area (Å²) in [5.74, 6) is 2.47. The highest BCUT2D eigenvalue weighted by Crippen LogP contribution is 2.20. The lowest BCUT2D eigenvalue weighted by atomic mass is 10.1. The molecule has 4 heteroatoms. The first kappa shape index (κ1) is 17.4. The molecule has 3 rings (SSSR count). The summed E-state index contributed by atoms with van der Waals surface area (Å²) in [5.41, 5.74) is 1.30. The fourth-order valence-corrected chi connectivity index (χ4v) is 3.30. The Hall–Kier alpha value is -2.46. The van der Waals surface area contributed by atoms with Gasteiger partial charge in [0.15, 0.2) is 6.61 Å². The smallest absolute Gasteiger partial charge is 0.257 e. The summed E-state index contributed by atoms with van der Waals surface area (Å²) in [5, 5.41) is 5.16. The van der Waals surface area contributed by atoms with E-state index in [1.165, 1.54) is 5.56 Å². The van der Waals surface area contributed by atoms with Crippen molar-refractivity contribution in [1.29, 1.82) is 0 Å². The normalized spacial score (nSPS) is 10.6. The maximum atomic E-state index is 11.9. The monoisotopic (exact) mass is 351 g/mol. The fourth-order valence-electron chi connectivity index (χ4n) is 2.48. The minimum absolute atomic E-state index is 0.0433. The van der Waals surface area contributed by atoms with Crippen LogP contribution in [0.15, 0.2) is 72.8 Å². The molecular weight excluding hydrogens is 330 g/mol. The second-order valence-electron chi connectivity index (χ2n) is 5.69. The molecule has 128 valence electrons. The Kier molecular flexibility index (Phi) is 6.35. The average molecular weight is 351 g/mol. The maximum absolute atomic E-state index is 11.9. The molecule has 0 unspecified atom stereocenters. The molecule has 0 fully saturated rings. The topological polar surface area (TPSA) is 38.3 Å². The van der Waals surface area contributed by atoms with Crippen LogP contribution >= 0.6 is 11.8 Å². The van der Waals surface area contributed by atoms with Crippen LogP contribution in [0.5, 0.6) is 5.75 Å². The molecule has 0 aromatic heterocycles. The van der Waals surface area contributed by atoms with Crippen molar-refractivity contribution >= 4 is 28.4 Å². The van der Waals surface area contributed by atoms with E-state index in [0.29, 0.717) is 12.3 Å². The van der Waals surface area contributed by atoms with Crippen LogP contribution in [0.3, 0.4) is 0 Å². The number of amides is 1.